The largest absolute Gasteiger partial charge is 0.0956 e. The fraction of sp³-hybridized carbons (Fsp3) is 0.765. The van der Waals surface area contributed by atoms with Crippen molar-refractivity contribution in [1.29, 1.82) is 0 Å². The maximum Gasteiger partial charge on any atom is -0.0163 e. The molecule has 0 saturated heterocycles. The average molecular weight is 236 g/mol. The minimum atomic E-state index is 0.675. The quantitative estimate of drug-likeness (QED) is 0.422. The van der Waals surface area contributed by atoms with Crippen LogP contribution in [0.2, 0.25) is 0 Å². The maximum absolute atomic E-state index is 4.29. The molecule has 0 N–H and O–H groups in total. The standard InChI is InChI=1S/C17H32/c1-7-11-13-14(5)17(10-4)15(6)16(9-3)12-8-2/h10,15-16H,5,7-9,11-13H2,1-4,6H3. The van der Waals surface area contributed by atoms with Gasteiger partial charge in [-0.2, -0.15) is 0 Å². The summed E-state index contributed by atoms with van der Waals surface area (Å²) in [5.74, 6) is 1.50. The van der Waals surface area contributed by atoms with Crippen molar-refractivity contribution >= 4 is 0 Å². The van der Waals surface area contributed by atoms with Crippen LogP contribution in [0.1, 0.15) is 73.1 Å². The Morgan fingerprint density at radius 3 is 2.24 bits per heavy atom. The lowest BCUT2D eigenvalue weighted by Gasteiger charge is -2.26. The Labute approximate surface area is 109 Å². The van der Waals surface area contributed by atoms with Gasteiger partial charge in [-0.25, -0.2) is 0 Å². The number of hydrogen-bond acceptors (Lipinski definition) is 0. The minimum Gasteiger partial charge on any atom is -0.0956 e. The Balaban J connectivity index is 4.58. The Bertz CT molecular complexity index is 234. The molecule has 0 heteroatoms. The van der Waals surface area contributed by atoms with Crippen molar-refractivity contribution in [2.24, 2.45) is 11.8 Å². The van der Waals surface area contributed by atoms with E-state index in [0.29, 0.717) is 5.92 Å². The van der Waals surface area contributed by atoms with E-state index < -0.39 is 0 Å². The van der Waals surface area contributed by atoms with Crippen LogP contribution in [0.3, 0.4) is 0 Å². The third-order valence-corrected chi connectivity index (χ3v) is 3.93. The summed E-state index contributed by atoms with van der Waals surface area (Å²) in [6.07, 6.45) is 9.92. The summed E-state index contributed by atoms with van der Waals surface area (Å²) >= 11 is 0. The smallest absolute Gasteiger partial charge is 0.0163 e. The zero-order valence-electron chi connectivity index (χ0n) is 12.7. The summed E-state index contributed by atoms with van der Waals surface area (Å²) in [7, 11) is 0. The molecule has 0 aliphatic rings. The van der Waals surface area contributed by atoms with Crippen molar-refractivity contribution in [3.8, 4) is 0 Å². The van der Waals surface area contributed by atoms with Gasteiger partial charge in [-0.1, -0.05) is 71.6 Å². The molecular weight excluding hydrogens is 204 g/mol. The third-order valence-electron chi connectivity index (χ3n) is 3.93. The Morgan fingerprint density at radius 2 is 1.82 bits per heavy atom. The zero-order valence-corrected chi connectivity index (χ0v) is 12.7. The van der Waals surface area contributed by atoms with E-state index in [2.05, 4.69) is 47.3 Å². The molecule has 0 heterocycles. The first-order valence-corrected chi connectivity index (χ1v) is 7.46. The molecule has 0 fully saturated rings. The first-order valence-electron chi connectivity index (χ1n) is 7.46. The predicted molar refractivity (Wildman–Crippen MR) is 80.3 cm³/mol. The van der Waals surface area contributed by atoms with E-state index >= 15 is 0 Å². The molecular formula is C17H32. The van der Waals surface area contributed by atoms with Gasteiger partial charge in [-0.05, 0) is 37.2 Å². The van der Waals surface area contributed by atoms with Gasteiger partial charge >= 0.3 is 0 Å². The average Bonchev–Trinajstić information content (AvgIpc) is 2.33. The summed E-state index contributed by atoms with van der Waals surface area (Å²) < 4.78 is 0. The van der Waals surface area contributed by atoms with Crippen LogP contribution in [0.5, 0.6) is 0 Å². The van der Waals surface area contributed by atoms with Crippen LogP contribution in [0.4, 0.5) is 0 Å². The monoisotopic (exact) mass is 236 g/mol. The highest BCUT2D eigenvalue weighted by Crippen LogP contribution is 2.32. The molecule has 0 rings (SSSR count). The lowest BCUT2D eigenvalue weighted by Crippen LogP contribution is -2.14. The second kappa shape index (κ2) is 9.50. The molecule has 0 aromatic heterocycles. The SMILES string of the molecule is C=C(CCCC)C(=CC)C(C)C(CC)CCC. The summed E-state index contributed by atoms with van der Waals surface area (Å²) in [6.45, 7) is 15.7. The van der Waals surface area contributed by atoms with Gasteiger partial charge in [0.15, 0.2) is 0 Å². The van der Waals surface area contributed by atoms with Crippen LogP contribution in [0, 0.1) is 11.8 Å². The molecule has 17 heavy (non-hydrogen) atoms. The van der Waals surface area contributed by atoms with Crippen LogP contribution < -0.4 is 0 Å². The molecule has 100 valence electrons. The lowest BCUT2D eigenvalue weighted by molar-refractivity contribution is 0.363. The molecule has 0 aliphatic carbocycles. The van der Waals surface area contributed by atoms with E-state index in [1.165, 1.54) is 49.7 Å². The second-order valence-corrected chi connectivity index (χ2v) is 5.20. The van der Waals surface area contributed by atoms with Crippen LogP contribution >= 0.6 is 0 Å². The number of unbranched alkanes of at least 4 members (excludes halogenated alkanes) is 1. The summed E-state index contributed by atoms with van der Waals surface area (Å²) in [5.41, 5.74) is 2.88. The molecule has 2 unspecified atom stereocenters. The fourth-order valence-electron chi connectivity index (χ4n) is 2.76. The molecule has 0 aromatic carbocycles. The van der Waals surface area contributed by atoms with E-state index in [9.17, 15) is 0 Å². The molecule has 0 spiro atoms. The maximum atomic E-state index is 4.29. The van der Waals surface area contributed by atoms with Gasteiger partial charge in [0.1, 0.15) is 0 Å². The molecule has 0 aromatic rings. The number of hydrogen-bond donors (Lipinski definition) is 0. The van der Waals surface area contributed by atoms with Gasteiger partial charge in [0.2, 0.25) is 0 Å². The summed E-state index contributed by atoms with van der Waals surface area (Å²) in [5, 5.41) is 0. The van der Waals surface area contributed by atoms with Gasteiger partial charge in [-0.3, -0.25) is 0 Å². The number of rotatable bonds is 9. The molecule has 0 nitrogen and oxygen atoms in total. The predicted octanol–water partition coefficient (Wildman–Crippen LogP) is 6.14. The van der Waals surface area contributed by atoms with Crippen molar-refractivity contribution in [3.05, 3.63) is 23.8 Å². The first kappa shape index (κ1) is 16.5. The molecule has 0 bridgehead atoms. The Morgan fingerprint density at radius 1 is 1.18 bits per heavy atom. The van der Waals surface area contributed by atoms with Crippen molar-refractivity contribution < 1.29 is 0 Å². The summed E-state index contributed by atoms with van der Waals surface area (Å²) in [6, 6.07) is 0. The highest BCUT2D eigenvalue weighted by Gasteiger charge is 2.19. The summed E-state index contributed by atoms with van der Waals surface area (Å²) in [4.78, 5) is 0. The van der Waals surface area contributed by atoms with Crippen molar-refractivity contribution in [1.82, 2.24) is 0 Å². The fourth-order valence-corrected chi connectivity index (χ4v) is 2.76. The molecule has 0 saturated carbocycles. The van der Waals surface area contributed by atoms with E-state index in [1.54, 1.807) is 0 Å². The zero-order chi connectivity index (χ0) is 13.3. The van der Waals surface area contributed by atoms with Crippen LogP contribution in [0.25, 0.3) is 0 Å². The van der Waals surface area contributed by atoms with Crippen molar-refractivity contribution in [2.45, 2.75) is 73.1 Å². The molecule has 2 atom stereocenters. The second-order valence-electron chi connectivity index (χ2n) is 5.20. The molecule has 0 aliphatic heterocycles. The van der Waals surface area contributed by atoms with Crippen molar-refractivity contribution in [2.75, 3.05) is 0 Å². The van der Waals surface area contributed by atoms with Crippen LogP contribution in [-0.4, -0.2) is 0 Å². The van der Waals surface area contributed by atoms with E-state index in [1.807, 2.05) is 0 Å². The van der Waals surface area contributed by atoms with Gasteiger partial charge < -0.3 is 0 Å². The Kier molecular flexibility index (Phi) is 9.21. The van der Waals surface area contributed by atoms with Crippen molar-refractivity contribution in [3.63, 3.8) is 0 Å². The lowest BCUT2D eigenvalue weighted by atomic mass is 9.79. The Hall–Kier alpha value is -0.520. The third kappa shape index (κ3) is 5.57. The minimum absolute atomic E-state index is 0.675. The van der Waals surface area contributed by atoms with Crippen LogP contribution in [-0.2, 0) is 0 Å². The molecule has 0 amide bonds. The van der Waals surface area contributed by atoms with E-state index in [0.717, 1.165) is 5.92 Å². The van der Waals surface area contributed by atoms with Gasteiger partial charge in [-0.15, -0.1) is 0 Å². The van der Waals surface area contributed by atoms with E-state index in [4.69, 9.17) is 0 Å². The van der Waals surface area contributed by atoms with Gasteiger partial charge in [0.05, 0.1) is 0 Å². The highest BCUT2D eigenvalue weighted by molar-refractivity contribution is 5.30. The normalized spacial score (nSPS) is 15.7. The van der Waals surface area contributed by atoms with Crippen LogP contribution in [0.15, 0.2) is 23.8 Å². The van der Waals surface area contributed by atoms with E-state index in [-0.39, 0.29) is 0 Å². The topological polar surface area (TPSA) is 0 Å². The van der Waals surface area contributed by atoms with Gasteiger partial charge in [0, 0.05) is 0 Å². The first-order chi connectivity index (χ1) is 8.12. The number of allylic oxidation sites excluding steroid dienone is 3. The molecule has 0 radical (unpaired) electrons. The highest BCUT2D eigenvalue weighted by atomic mass is 14.2. The van der Waals surface area contributed by atoms with Gasteiger partial charge in [0.25, 0.3) is 0 Å².